The minimum absolute atomic E-state index is 0.113. The number of para-hydroxylation sites is 1. The van der Waals surface area contributed by atoms with Gasteiger partial charge < -0.3 is 14.6 Å². The van der Waals surface area contributed by atoms with Gasteiger partial charge in [-0.3, -0.25) is 4.79 Å². The van der Waals surface area contributed by atoms with E-state index in [-0.39, 0.29) is 22.9 Å². The van der Waals surface area contributed by atoms with E-state index in [1.54, 1.807) is 6.08 Å². The number of amides is 1. The summed E-state index contributed by atoms with van der Waals surface area (Å²) in [7, 11) is 0. The van der Waals surface area contributed by atoms with Crippen molar-refractivity contribution in [1.29, 1.82) is 5.26 Å². The van der Waals surface area contributed by atoms with Crippen LogP contribution >= 0.6 is 0 Å². The van der Waals surface area contributed by atoms with Gasteiger partial charge in [0, 0.05) is 28.7 Å². The fourth-order valence-electron chi connectivity index (χ4n) is 4.70. The molecule has 5 nitrogen and oxygen atoms in total. The molecule has 1 fully saturated rings. The van der Waals surface area contributed by atoms with Gasteiger partial charge in [-0.25, -0.2) is 0 Å². The number of carbonyl (C=O) groups is 1. The van der Waals surface area contributed by atoms with E-state index in [2.05, 4.69) is 54.9 Å². The summed E-state index contributed by atoms with van der Waals surface area (Å²) in [5.41, 5.74) is 3.45. The first-order valence-electron chi connectivity index (χ1n) is 12.6. The highest BCUT2D eigenvalue weighted by molar-refractivity contribution is 6.04. The number of fused-ring (bicyclic) bond motifs is 1. The van der Waals surface area contributed by atoms with Crippen LogP contribution in [0.4, 0.5) is 0 Å². The Hall–Kier alpha value is -3.52. The van der Waals surface area contributed by atoms with Crippen LogP contribution in [0.3, 0.4) is 0 Å². The molecule has 1 heterocycles. The summed E-state index contributed by atoms with van der Waals surface area (Å²) < 4.78 is 8.13. The average molecular weight is 470 g/mol. The molecule has 3 aromatic rings. The van der Waals surface area contributed by atoms with Crippen molar-refractivity contribution in [2.45, 2.75) is 70.9 Å². The lowest BCUT2D eigenvalue weighted by atomic mass is 9.87. The van der Waals surface area contributed by atoms with Crippen molar-refractivity contribution in [1.82, 2.24) is 9.88 Å². The summed E-state index contributed by atoms with van der Waals surface area (Å²) in [6.45, 7) is 7.77. The third kappa shape index (κ3) is 6.14. The number of hydrogen-bond donors (Lipinski definition) is 1. The number of nitrogens with one attached hydrogen (secondary N) is 1. The second-order valence-electron chi connectivity index (χ2n) is 10.4. The zero-order chi connectivity index (χ0) is 24.8. The molecule has 1 saturated carbocycles. The van der Waals surface area contributed by atoms with E-state index in [0.29, 0.717) is 13.2 Å². The molecule has 1 aliphatic rings. The molecule has 0 spiro atoms. The van der Waals surface area contributed by atoms with Crippen molar-refractivity contribution >= 4 is 22.9 Å². The SMILES string of the molecule is CC(C)(C)c1ccc(OCCn2cc(/C=C(\C#N)C(=O)NC3CCCCC3)c3ccccc32)cc1. The summed E-state index contributed by atoms with van der Waals surface area (Å²) >= 11 is 0. The maximum absolute atomic E-state index is 12.8. The molecule has 35 heavy (non-hydrogen) atoms. The third-order valence-corrected chi connectivity index (χ3v) is 6.75. The second kappa shape index (κ2) is 10.8. The van der Waals surface area contributed by atoms with Crippen molar-refractivity contribution in [3.63, 3.8) is 0 Å². The smallest absolute Gasteiger partial charge is 0.262 e. The fraction of sp³-hybridized carbons (Fsp3) is 0.400. The number of carbonyl (C=O) groups excluding carboxylic acids is 1. The number of aromatic nitrogens is 1. The molecule has 0 unspecified atom stereocenters. The van der Waals surface area contributed by atoms with Gasteiger partial charge in [0.05, 0.1) is 6.54 Å². The van der Waals surface area contributed by atoms with Crippen LogP contribution in [0.1, 0.15) is 64.0 Å². The van der Waals surface area contributed by atoms with E-state index in [1.807, 2.05) is 36.5 Å². The van der Waals surface area contributed by atoms with Crippen molar-refractivity contribution in [3.8, 4) is 11.8 Å². The van der Waals surface area contributed by atoms with E-state index in [9.17, 15) is 10.1 Å². The molecular weight excluding hydrogens is 434 g/mol. The number of rotatable bonds is 7. The van der Waals surface area contributed by atoms with Gasteiger partial charge in [0.2, 0.25) is 0 Å². The van der Waals surface area contributed by atoms with Gasteiger partial charge in [0.1, 0.15) is 24.0 Å². The molecule has 0 atom stereocenters. The molecule has 0 bridgehead atoms. The molecule has 5 heteroatoms. The van der Waals surface area contributed by atoms with Gasteiger partial charge in [-0.05, 0) is 48.1 Å². The van der Waals surface area contributed by atoms with Crippen LogP contribution in [0.15, 0.2) is 60.3 Å². The number of benzene rings is 2. The van der Waals surface area contributed by atoms with Crippen LogP contribution in [0.5, 0.6) is 5.75 Å². The van der Waals surface area contributed by atoms with Crippen LogP contribution < -0.4 is 10.1 Å². The van der Waals surface area contributed by atoms with Gasteiger partial charge >= 0.3 is 0 Å². The standard InChI is InChI=1S/C30H35N3O2/c1-30(2,3)24-13-15-26(16-14-24)35-18-17-33-21-23(27-11-7-8-12-28(27)33)19-22(20-31)29(34)32-25-9-5-4-6-10-25/h7-8,11-16,19,21,25H,4-6,9-10,17-18H2,1-3H3,(H,32,34)/b22-19+. The van der Waals surface area contributed by atoms with Gasteiger partial charge in [0.25, 0.3) is 5.91 Å². The molecule has 0 aliphatic heterocycles. The van der Waals surface area contributed by atoms with Crippen LogP contribution in [-0.2, 0) is 16.8 Å². The fourth-order valence-corrected chi connectivity index (χ4v) is 4.70. The maximum Gasteiger partial charge on any atom is 0.262 e. The Morgan fingerprint density at radius 2 is 1.83 bits per heavy atom. The average Bonchev–Trinajstić information content (AvgIpc) is 3.20. The van der Waals surface area contributed by atoms with Crippen molar-refractivity contribution in [2.75, 3.05) is 6.61 Å². The minimum atomic E-state index is -0.279. The zero-order valence-electron chi connectivity index (χ0n) is 21.0. The van der Waals surface area contributed by atoms with Crippen molar-refractivity contribution in [3.05, 3.63) is 71.4 Å². The first-order chi connectivity index (χ1) is 16.8. The highest BCUT2D eigenvalue weighted by Gasteiger charge is 2.19. The Kier molecular flexibility index (Phi) is 7.60. The lowest BCUT2D eigenvalue weighted by molar-refractivity contribution is -0.117. The highest BCUT2D eigenvalue weighted by atomic mass is 16.5. The van der Waals surface area contributed by atoms with Crippen LogP contribution in [0.2, 0.25) is 0 Å². The van der Waals surface area contributed by atoms with E-state index in [1.165, 1.54) is 12.0 Å². The lowest BCUT2D eigenvalue weighted by Crippen LogP contribution is -2.36. The Bertz CT molecular complexity index is 1230. The van der Waals surface area contributed by atoms with Crippen LogP contribution in [0.25, 0.3) is 17.0 Å². The minimum Gasteiger partial charge on any atom is -0.492 e. The topological polar surface area (TPSA) is 67.0 Å². The molecule has 0 saturated heterocycles. The van der Waals surface area contributed by atoms with Gasteiger partial charge in [-0.1, -0.05) is 70.4 Å². The predicted molar refractivity (Wildman–Crippen MR) is 141 cm³/mol. The van der Waals surface area contributed by atoms with E-state index in [0.717, 1.165) is 47.9 Å². The highest BCUT2D eigenvalue weighted by Crippen LogP contribution is 2.26. The van der Waals surface area contributed by atoms with Gasteiger partial charge in [-0.15, -0.1) is 0 Å². The first-order valence-corrected chi connectivity index (χ1v) is 12.6. The maximum atomic E-state index is 12.8. The van der Waals surface area contributed by atoms with E-state index in [4.69, 9.17) is 4.74 Å². The third-order valence-electron chi connectivity index (χ3n) is 6.75. The molecule has 2 aromatic carbocycles. The summed E-state index contributed by atoms with van der Waals surface area (Å²) in [5, 5.41) is 13.8. The summed E-state index contributed by atoms with van der Waals surface area (Å²) in [6, 6.07) is 18.6. The predicted octanol–water partition coefficient (Wildman–Crippen LogP) is 6.37. The molecular formula is C30H35N3O2. The van der Waals surface area contributed by atoms with Crippen LogP contribution in [0, 0.1) is 11.3 Å². The summed E-state index contributed by atoms with van der Waals surface area (Å²) in [6.07, 6.45) is 9.18. The molecule has 1 aromatic heterocycles. The van der Waals surface area contributed by atoms with Crippen LogP contribution in [-0.4, -0.2) is 23.1 Å². The van der Waals surface area contributed by atoms with Crippen molar-refractivity contribution in [2.24, 2.45) is 0 Å². The molecule has 0 radical (unpaired) electrons. The first kappa shape index (κ1) is 24.6. The largest absolute Gasteiger partial charge is 0.492 e. The van der Waals surface area contributed by atoms with Gasteiger partial charge in [0.15, 0.2) is 0 Å². The Labute approximate surface area is 208 Å². The molecule has 1 N–H and O–H groups in total. The zero-order valence-corrected chi connectivity index (χ0v) is 21.0. The Morgan fingerprint density at radius 1 is 1.11 bits per heavy atom. The normalized spacial score (nSPS) is 15.1. The quantitative estimate of drug-likeness (QED) is 0.323. The Morgan fingerprint density at radius 3 is 2.51 bits per heavy atom. The van der Waals surface area contributed by atoms with E-state index < -0.39 is 0 Å². The molecule has 182 valence electrons. The lowest BCUT2D eigenvalue weighted by Gasteiger charge is -2.22. The molecule has 4 rings (SSSR count). The molecule has 1 amide bonds. The number of nitriles is 1. The Balaban J connectivity index is 1.47. The number of hydrogen-bond acceptors (Lipinski definition) is 3. The number of nitrogens with zero attached hydrogens (tertiary/aromatic N) is 2. The second-order valence-corrected chi connectivity index (χ2v) is 10.4. The van der Waals surface area contributed by atoms with Gasteiger partial charge in [-0.2, -0.15) is 5.26 Å². The monoisotopic (exact) mass is 469 g/mol. The molecule has 1 aliphatic carbocycles. The summed E-state index contributed by atoms with van der Waals surface area (Å²) in [5.74, 6) is 0.569. The van der Waals surface area contributed by atoms with Crippen molar-refractivity contribution < 1.29 is 9.53 Å². The van der Waals surface area contributed by atoms with E-state index >= 15 is 0 Å². The number of ether oxygens (including phenoxy) is 1. The summed E-state index contributed by atoms with van der Waals surface area (Å²) in [4.78, 5) is 12.8.